The summed E-state index contributed by atoms with van der Waals surface area (Å²) in [7, 11) is -4.41. The van der Waals surface area contributed by atoms with Crippen LogP contribution in [-0.2, 0) is 14.9 Å². The van der Waals surface area contributed by atoms with Crippen LogP contribution in [0.1, 0.15) is 35.6 Å². The largest absolute Gasteiger partial charge is 0.388 e. The Morgan fingerprint density at radius 2 is 1.38 bits per heavy atom. The number of hydrogen-bond acceptors (Lipinski definition) is 3. The van der Waals surface area contributed by atoms with E-state index in [1.807, 2.05) is 12.1 Å². The molecule has 39 heavy (non-hydrogen) atoms. The smallest absolute Gasteiger partial charge is 0.356 e. The lowest BCUT2D eigenvalue weighted by Crippen LogP contribution is -2.67. The van der Waals surface area contributed by atoms with Crippen molar-refractivity contribution in [1.29, 1.82) is 0 Å². The number of benzene rings is 4. The van der Waals surface area contributed by atoms with Crippen molar-refractivity contribution < 1.29 is 33.0 Å². The molecule has 6 nitrogen and oxygen atoms in total. The molecule has 4 aromatic rings. The number of aliphatic hydroxyl groups excluding tert-OH is 1. The third-order valence-electron chi connectivity index (χ3n) is 7.30. The molecule has 1 amide bonds. The van der Waals surface area contributed by atoms with Crippen LogP contribution in [0.25, 0.3) is 11.1 Å². The number of hydrogen-bond donors (Lipinski definition) is 4. The molecule has 1 saturated heterocycles. The van der Waals surface area contributed by atoms with Crippen molar-refractivity contribution in [2.75, 3.05) is 0 Å². The van der Waals surface area contributed by atoms with Crippen LogP contribution in [0.3, 0.4) is 0 Å². The number of carbonyl (C=O) groups excluding carboxylic acids is 1. The number of aliphatic hydroxyl groups is 1. The van der Waals surface area contributed by atoms with Gasteiger partial charge >= 0.3 is 7.60 Å². The molecule has 200 valence electrons. The van der Waals surface area contributed by atoms with Crippen molar-refractivity contribution in [3.8, 4) is 11.1 Å². The molecule has 1 fully saturated rings. The van der Waals surface area contributed by atoms with Gasteiger partial charge < -0.3 is 20.2 Å². The first-order valence-electron chi connectivity index (χ1n) is 12.4. The van der Waals surface area contributed by atoms with Crippen molar-refractivity contribution in [1.82, 2.24) is 5.32 Å². The van der Waals surface area contributed by atoms with Gasteiger partial charge in [0.1, 0.15) is 17.2 Å². The molecule has 5 rings (SSSR count). The highest BCUT2D eigenvalue weighted by Crippen LogP contribution is 2.47. The van der Waals surface area contributed by atoms with Crippen LogP contribution in [-0.4, -0.2) is 20.8 Å². The second kappa shape index (κ2) is 10.5. The minimum absolute atomic E-state index is 0.0853. The zero-order chi connectivity index (χ0) is 27.8. The number of nitrogens with one attached hydrogen (secondary N) is 1. The van der Waals surface area contributed by atoms with Crippen molar-refractivity contribution in [3.05, 3.63) is 125 Å². The first kappa shape index (κ1) is 26.9. The van der Waals surface area contributed by atoms with E-state index >= 15 is 0 Å². The predicted molar refractivity (Wildman–Crippen MR) is 143 cm³/mol. The molecular formula is C30H26F2NO5P. The molecule has 0 saturated carbocycles. The topological polar surface area (TPSA) is 107 Å². The average Bonchev–Trinajstić information content (AvgIpc) is 2.92. The van der Waals surface area contributed by atoms with Crippen LogP contribution >= 0.6 is 7.60 Å². The molecule has 4 aromatic carbocycles. The summed E-state index contributed by atoms with van der Waals surface area (Å²) in [6, 6.07) is 24.8. The Morgan fingerprint density at radius 1 is 0.821 bits per heavy atom. The van der Waals surface area contributed by atoms with Crippen LogP contribution in [0.15, 0.2) is 97.1 Å². The molecule has 4 N–H and O–H groups in total. The predicted octanol–water partition coefficient (Wildman–Crippen LogP) is 4.94. The molecule has 0 radical (unpaired) electrons. The van der Waals surface area contributed by atoms with Gasteiger partial charge in [-0.25, -0.2) is 8.78 Å². The Kier molecular flexibility index (Phi) is 7.23. The van der Waals surface area contributed by atoms with E-state index in [0.717, 1.165) is 11.1 Å². The summed E-state index contributed by atoms with van der Waals surface area (Å²) in [6.07, 6.45) is -0.332. The van der Waals surface area contributed by atoms with E-state index in [0.29, 0.717) is 23.1 Å². The monoisotopic (exact) mass is 549 g/mol. The van der Waals surface area contributed by atoms with Gasteiger partial charge in [0.25, 0.3) is 0 Å². The van der Waals surface area contributed by atoms with E-state index in [-0.39, 0.29) is 17.6 Å². The van der Waals surface area contributed by atoms with Gasteiger partial charge in [-0.1, -0.05) is 60.7 Å². The normalized spacial score (nSPS) is 19.7. The van der Waals surface area contributed by atoms with Crippen molar-refractivity contribution in [2.45, 2.75) is 24.5 Å². The Bertz CT molecular complexity index is 1540. The molecule has 1 aliphatic heterocycles. The van der Waals surface area contributed by atoms with E-state index in [2.05, 4.69) is 5.32 Å². The fourth-order valence-electron chi connectivity index (χ4n) is 5.23. The number of halogens is 2. The van der Waals surface area contributed by atoms with E-state index < -0.39 is 36.8 Å². The molecule has 1 heterocycles. The molecule has 0 bridgehead atoms. The summed E-state index contributed by atoms with van der Waals surface area (Å²) < 4.78 is 38.8. The van der Waals surface area contributed by atoms with Crippen LogP contribution < -0.4 is 10.6 Å². The van der Waals surface area contributed by atoms with Crippen molar-refractivity contribution in [3.63, 3.8) is 0 Å². The third kappa shape index (κ3) is 5.29. The van der Waals surface area contributed by atoms with Gasteiger partial charge in [0, 0.05) is 0 Å². The molecule has 9 heteroatoms. The first-order chi connectivity index (χ1) is 18.6. The van der Waals surface area contributed by atoms with Gasteiger partial charge in [-0.3, -0.25) is 9.36 Å². The fraction of sp³-hybridized carbons (Fsp3) is 0.167. The lowest BCUT2D eigenvalue weighted by atomic mass is 9.64. The van der Waals surface area contributed by atoms with E-state index in [1.54, 1.807) is 36.4 Å². The van der Waals surface area contributed by atoms with Crippen LogP contribution in [0.2, 0.25) is 0 Å². The summed E-state index contributed by atoms with van der Waals surface area (Å²) in [5.41, 5.74) is 2.34. The number of amides is 1. The van der Waals surface area contributed by atoms with Gasteiger partial charge in [-0.05, 0) is 77.1 Å². The summed E-state index contributed by atoms with van der Waals surface area (Å²) >= 11 is 0. The lowest BCUT2D eigenvalue weighted by molar-refractivity contribution is -0.140. The zero-order valence-corrected chi connectivity index (χ0v) is 21.6. The molecule has 1 aliphatic rings. The summed E-state index contributed by atoms with van der Waals surface area (Å²) in [5.74, 6) is -1.59. The van der Waals surface area contributed by atoms with E-state index in [1.165, 1.54) is 48.5 Å². The standard InChI is InChI=1S/C30H26F2NO5P/c31-24-12-6-20(7-13-24)28(34)17-16-27-29(35)33-30(27,23-10-14-25(32)15-11-23)22-8-4-19(5-9-22)21-2-1-3-26(18-21)39(36,37)38/h1-15,18,27-28,34H,16-17H2,(H,33,35)(H2,36,37,38)/t27-,28-,30-/m0/s1. The number of β-lactam (4-membered cyclic amide) rings is 1. The quantitative estimate of drug-likeness (QED) is 0.184. The van der Waals surface area contributed by atoms with Crippen molar-refractivity contribution in [2.24, 2.45) is 5.92 Å². The van der Waals surface area contributed by atoms with Crippen molar-refractivity contribution >= 4 is 18.8 Å². The Morgan fingerprint density at radius 3 is 1.95 bits per heavy atom. The summed E-state index contributed by atoms with van der Waals surface area (Å²) in [4.78, 5) is 32.0. The minimum atomic E-state index is -4.41. The van der Waals surface area contributed by atoms with Gasteiger partial charge in [0.05, 0.1) is 17.3 Å². The van der Waals surface area contributed by atoms with Gasteiger partial charge in [-0.2, -0.15) is 0 Å². The molecule has 0 aromatic heterocycles. The lowest BCUT2D eigenvalue weighted by Gasteiger charge is -2.50. The second-order valence-corrected chi connectivity index (χ2v) is 11.3. The second-order valence-electron chi connectivity index (χ2n) is 9.67. The van der Waals surface area contributed by atoms with Gasteiger partial charge in [-0.15, -0.1) is 0 Å². The third-order valence-corrected chi connectivity index (χ3v) is 8.25. The van der Waals surface area contributed by atoms with Crippen LogP contribution in [0.5, 0.6) is 0 Å². The molecule has 3 atom stereocenters. The highest BCUT2D eigenvalue weighted by molar-refractivity contribution is 7.60. The van der Waals surface area contributed by atoms with Gasteiger partial charge in [0.15, 0.2) is 0 Å². The molecule has 0 spiro atoms. The fourth-order valence-corrected chi connectivity index (χ4v) is 5.82. The SMILES string of the molecule is O=C1N[C@](c2ccc(F)cc2)(c2ccc(-c3cccc(P(=O)(O)O)c3)cc2)[C@H]1CC[C@H](O)c1ccc(F)cc1. The zero-order valence-electron chi connectivity index (χ0n) is 20.7. The minimum Gasteiger partial charge on any atom is -0.388 e. The number of rotatable bonds is 8. The summed E-state index contributed by atoms with van der Waals surface area (Å²) in [5, 5.41) is 13.6. The Hall–Kier alpha value is -3.68. The molecular weight excluding hydrogens is 523 g/mol. The Balaban J connectivity index is 1.47. The molecule has 0 aliphatic carbocycles. The van der Waals surface area contributed by atoms with Gasteiger partial charge in [0.2, 0.25) is 5.91 Å². The van der Waals surface area contributed by atoms with E-state index in [9.17, 15) is 33.0 Å². The Labute approximate surface area is 224 Å². The maximum absolute atomic E-state index is 13.8. The van der Waals surface area contributed by atoms with E-state index in [4.69, 9.17) is 0 Å². The highest BCUT2D eigenvalue weighted by Gasteiger charge is 2.55. The first-order valence-corrected chi connectivity index (χ1v) is 14.0. The maximum Gasteiger partial charge on any atom is 0.356 e. The molecule has 0 unspecified atom stereocenters. The maximum atomic E-state index is 13.8. The average molecular weight is 550 g/mol. The summed E-state index contributed by atoms with van der Waals surface area (Å²) in [6.45, 7) is 0. The highest BCUT2D eigenvalue weighted by atomic mass is 31.2. The number of carbonyl (C=O) groups is 1. The van der Waals surface area contributed by atoms with Crippen LogP contribution in [0.4, 0.5) is 8.78 Å². The van der Waals surface area contributed by atoms with Crippen LogP contribution in [0, 0.1) is 17.6 Å².